The van der Waals surface area contributed by atoms with Gasteiger partial charge in [-0.15, -0.1) is 0 Å². The van der Waals surface area contributed by atoms with Gasteiger partial charge in [-0.05, 0) is 6.07 Å². The van der Waals surface area contributed by atoms with Gasteiger partial charge in [0, 0.05) is 12.6 Å². The number of hydrogen-bond acceptors (Lipinski definition) is 6. The molecule has 1 aliphatic rings. The summed E-state index contributed by atoms with van der Waals surface area (Å²) in [5.74, 6) is 0. The van der Waals surface area contributed by atoms with Gasteiger partial charge in [0.25, 0.3) is 5.56 Å². The van der Waals surface area contributed by atoms with Gasteiger partial charge in [0.05, 0.1) is 18.1 Å². The van der Waals surface area contributed by atoms with Gasteiger partial charge in [-0.1, -0.05) is 0 Å². The molecule has 5 N–H and O–H groups in total. The van der Waals surface area contributed by atoms with Crippen molar-refractivity contribution < 1.29 is 28.7 Å². The zero-order chi connectivity index (χ0) is 16.8. The molecule has 0 aliphatic carbocycles. The second-order valence-electron chi connectivity index (χ2n) is 5.11. The highest BCUT2D eigenvalue weighted by atomic mass is 31.2. The van der Waals surface area contributed by atoms with Gasteiger partial charge < -0.3 is 24.2 Å². The number of aromatic amines is 2. The third kappa shape index (κ3) is 3.29. The van der Waals surface area contributed by atoms with Crippen LogP contribution in [0.2, 0.25) is 0 Å². The summed E-state index contributed by atoms with van der Waals surface area (Å²) < 4.78 is 22.0. The zero-order valence-corrected chi connectivity index (χ0v) is 12.5. The van der Waals surface area contributed by atoms with Crippen molar-refractivity contribution >= 4 is 18.9 Å². The van der Waals surface area contributed by atoms with Crippen LogP contribution in [0.15, 0.2) is 21.9 Å². The SMILES string of the molecule is O=c1[nH]c(=O)c2ccn([C@H]3C[C@H](O)[C@@H](COP(=O)(O)O)O3)c2[nH]1. The number of rotatable bonds is 4. The topological polar surface area (TPSA) is 167 Å². The van der Waals surface area contributed by atoms with E-state index in [-0.39, 0.29) is 17.5 Å². The van der Waals surface area contributed by atoms with Crippen molar-refractivity contribution in [3.63, 3.8) is 0 Å². The highest BCUT2D eigenvalue weighted by Crippen LogP contribution is 2.38. The average molecular weight is 347 g/mol. The summed E-state index contributed by atoms with van der Waals surface area (Å²) in [5, 5.41) is 10.2. The lowest BCUT2D eigenvalue weighted by atomic mass is 10.2. The Bertz CT molecular complexity index is 879. The molecule has 3 heterocycles. The lowest BCUT2D eigenvalue weighted by Gasteiger charge is -2.16. The Balaban J connectivity index is 1.85. The minimum absolute atomic E-state index is 0.105. The minimum Gasteiger partial charge on any atom is -0.390 e. The molecule has 1 saturated heterocycles. The Kier molecular flexibility index (Phi) is 4.00. The molecule has 1 fully saturated rings. The van der Waals surface area contributed by atoms with Crippen molar-refractivity contribution in [3.8, 4) is 0 Å². The van der Waals surface area contributed by atoms with E-state index in [0.29, 0.717) is 0 Å². The number of nitrogens with zero attached hydrogens (tertiary/aromatic N) is 1. The number of phosphoric ester groups is 1. The number of fused-ring (bicyclic) bond motifs is 1. The summed E-state index contributed by atoms with van der Waals surface area (Å²) >= 11 is 0. The zero-order valence-electron chi connectivity index (χ0n) is 11.6. The van der Waals surface area contributed by atoms with E-state index in [1.807, 2.05) is 0 Å². The second-order valence-corrected chi connectivity index (χ2v) is 6.35. The molecular formula is C11H14N3O8P. The van der Waals surface area contributed by atoms with Crippen LogP contribution in [-0.2, 0) is 13.8 Å². The van der Waals surface area contributed by atoms with Gasteiger partial charge in [-0.2, -0.15) is 0 Å². The highest BCUT2D eigenvalue weighted by Gasteiger charge is 2.37. The third-order valence-corrected chi connectivity index (χ3v) is 4.03. The molecule has 0 spiro atoms. The van der Waals surface area contributed by atoms with Gasteiger partial charge >= 0.3 is 13.5 Å². The van der Waals surface area contributed by atoms with E-state index in [1.165, 1.54) is 16.8 Å². The average Bonchev–Trinajstić information content (AvgIpc) is 2.99. The number of H-pyrrole nitrogens is 2. The number of aliphatic hydroxyl groups excluding tert-OH is 1. The number of hydrogen-bond donors (Lipinski definition) is 5. The quantitative estimate of drug-likeness (QED) is 0.429. The van der Waals surface area contributed by atoms with Crippen LogP contribution in [-0.4, -0.2) is 48.2 Å². The molecule has 0 saturated carbocycles. The molecule has 0 radical (unpaired) electrons. The predicted molar refractivity (Wildman–Crippen MR) is 75.7 cm³/mol. The molecular weight excluding hydrogens is 333 g/mol. The number of aromatic nitrogens is 3. The summed E-state index contributed by atoms with van der Waals surface area (Å²) in [7, 11) is -4.67. The first-order chi connectivity index (χ1) is 10.7. The second kappa shape index (κ2) is 5.71. The molecule has 2 aromatic heterocycles. The van der Waals surface area contributed by atoms with Crippen LogP contribution >= 0.6 is 7.82 Å². The summed E-state index contributed by atoms with van der Waals surface area (Å²) in [6.45, 7) is -0.488. The smallest absolute Gasteiger partial charge is 0.390 e. The van der Waals surface area contributed by atoms with Crippen molar-refractivity contribution in [2.75, 3.05) is 6.61 Å². The summed E-state index contributed by atoms with van der Waals surface area (Å²) in [6, 6.07) is 1.49. The molecule has 11 nitrogen and oxygen atoms in total. The van der Waals surface area contributed by atoms with Crippen LogP contribution in [0.1, 0.15) is 12.6 Å². The largest absolute Gasteiger partial charge is 0.469 e. The maximum atomic E-state index is 11.7. The van der Waals surface area contributed by atoms with E-state index in [1.54, 1.807) is 0 Å². The van der Waals surface area contributed by atoms with Crippen LogP contribution in [0.3, 0.4) is 0 Å². The fourth-order valence-corrected chi connectivity index (χ4v) is 2.86. The van der Waals surface area contributed by atoms with Gasteiger partial charge in [0.1, 0.15) is 18.0 Å². The molecule has 126 valence electrons. The first kappa shape index (κ1) is 16.1. The molecule has 0 unspecified atom stereocenters. The van der Waals surface area contributed by atoms with Gasteiger partial charge in [-0.3, -0.25) is 19.3 Å². The minimum atomic E-state index is -4.67. The highest BCUT2D eigenvalue weighted by molar-refractivity contribution is 7.46. The molecule has 3 rings (SSSR count). The Hall–Kier alpha value is -1.75. The first-order valence-corrected chi connectivity index (χ1v) is 8.14. The fraction of sp³-hybridized carbons (Fsp3) is 0.455. The first-order valence-electron chi connectivity index (χ1n) is 6.61. The number of aliphatic hydroxyl groups is 1. The third-order valence-electron chi connectivity index (χ3n) is 3.54. The molecule has 0 amide bonds. The molecule has 12 heteroatoms. The molecule has 3 atom stereocenters. The fourth-order valence-electron chi connectivity index (χ4n) is 2.52. The van der Waals surface area contributed by atoms with Crippen LogP contribution in [0, 0.1) is 0 Å². The van der Waals surface area contributed by atoms with Gasteiger partial charge in [0.15, 0.2) is 0 Å². The van der Waals surface area contributed by atoms with E-state index in [4.69, 9.17) is 14.5 Å². The van der Waals surface area contributed by atoms with Crippen molar-refractivity contribution in [2.24, 2.45) is 0 Å². The maximum absolute atomic E-state index is 11.7. The number of phosphoric acid groups is 1. The van der Waals surface area contributed by atoms with Crippen LogP contribution in [0.5, 0.6) is 0 Å². The van der Waals surface area contributed by atoms with Crippen LogP contribution in [0.25, 0.3) is 11.0 Å². The summed E-state index contributed by atoms with van der Waals surface area (Å²) in [4.78, 5) is 45.0. The summed E-state index contributed by atoms with van der Waals surface area (Å²) in [5.41, 5.74) is -1.00. The van der Waals surface area contributed by atoms with Crippen molar-refractivity contribution in [2.45, 2.75) is 24.9 Å². The Labute approximate surface area is 127 Å². The standard InChI is InChI=1S/C11H14N3O8P/c15-6-3-8(22-7(6)4-21-23(18,19)20)14-2-1-5-9(14)12-11(17)13-10(5)16/h1-2,6-8,15H,3-4H2,(H2,18,19,20)(H2,12,13,16,17)/t6-,7+,8+/m0/s1. The lowest BCUT2D eigenvalue weighted by molar-refractivity contribution is -0.0422. The Morgan fingerprint density at radius 3 is 2.83 bits per heavy atom. The van der Waals surface area contributed by atoms with Crippen LogP contribution < -0.4 is 11.2 Å². The van der Waals surface area contributed by atoms with E-state index in [2.05, 4.69) is 14.5 Å². The van der Waals surface area contributed by atoms with E-state index < -0.39 is 44.1 Å². The Morgan fingerprint density at radius 2 is 2.13 bits per heavy atom. The molecule has 23 heavy (non-hydrogen) atoms. The molecule has 1 aliphatic heterocycles. The van der Waals surface area contributed by atoms with Gasteiger partial charge in [-0.25, -0.2) is 9.36 Å². The molecule has 0 bridgehead atoms. The van der Waals surface area contributed by atoms with Crippen LogP contribution in [0.4, 0.5) is 0 Å². The van der Waals surface area contributed by atoms with Crippen molar-refractivity contribution in [1.29, 1.82) is 0 Å². The van der Waals surface area contributed by atoms with E-state index >= 15 is 0 Å². The molecule has 0 aromatic carbocycles. The van der Waals surface area contributed by atoms with E-state index in [0.717, 1.165) is 0 Å². The molecule has 2 aromatic rings. The number of ether oxygens (including phenoxy) is 1. The van der Waals surface area contributed by atoms with Crippen molar-refractivity contribution in [3.05, 3.63) is 33.1 Å². The van der Waals surface area contributed by atoms with E-state index in [9.17, 15) is 19.3 Å². The summed E-state index contributed by atoms with van der Waals surface area (Å²) in [6.07, 6.45) is -1.06. The normalized spacial score (nSPS) is 25.3. The Morgan fingerprint density at radius 1 is 1.39 bits per heavy atom. The maximum Gasteiger partial charge on any atom is 0.469 e. The predicted octanol–water partition coefficient (Wildman–Crippen LogP) is -1.22. The van der Waals surface area contributed by atoms with Gasteiger partial charge in [0.2, 0.25) is 0 Å². The monoisotopic (exact) mass is 347 g/mol. The number of nitrogens with one attached hydrogen (secondary N) is 2. The lowest BCUT2D eigenvalue weighted by Crippen LogP contribution is -2.26. The van der Waals surface area contributed by atoms with Crippen molar-refractivity contribution in [1.82, 2.24) is 14.5 Å².